The minimum absolute atomic E-state index is 0.0233. The van der Waals surface area contributed by atoms with Crippen LogP contribution in [0, 0.1) is 0 Å². The van der Waals surface area contributed by atoms with E-state index >= 15 is 0 Å². The summed E-state index contributed by atoms with van der Waals surface area (Å²) in [6.45, 7) is 5.96. The molecular weight excluding hydrogens is 404 g/mol. The van der Waals surface area contributed by atoms with Crippen molar-refractivity contribution >= 4 is 22.4 Å². The molecular formula is C21H20N4O4S. The Balaban J connectivity index is 1.77. The number of aromatic nitrogens is 4. The maximum absolute atomic E-state index is 13.0. The van der Waals surface area contributed by atoms with Gasteiger partial charge < -0.3 is 9.15 Å². The molecule has 0 saturated heterocycles. The van der Waals surface area contributed by atoms with Gasteiger partial charge in [0.1, 0.15) is 10.0 Å². The topological polar surface area (TPSA) is 100 Å². The first-order valence-electron chi connectivity index (χ1n) is 9.42. The average molecular weight is 424 g/mol. The molecule has 3 aromatic heterocycles. The van der Waals surface area contributed by atoms with E-state index in [1.165, 1.54) is 36.3 Å². The van der Waals surface area contributed by atoms with Crippen molar-refractivity contribution < 1.29 is 9.15 Å². The first kappa shape index (κ1) is 20.0. The molecule has 4 rings (SSSR count). The highest BCUT2D eigenvalue weighted by molar-refractivity contribution is 7.14. The molecule has 3 heterocycles. The molecule has 0 fully saturated rings. The van der Waals surface area contributed by atoms with Crippen LogP contribution in [0.3, 0.4) is 0 Å². The fraction of sp³-hybridized carbons (Fsp3) is 0.286. The monoisotopic (exact) mass is 424 g/mol. The van der Waals surface area contributed by atoms with Crippen LogP contribution in [0.4, 0.5) is 0 Å². The van der Waals surface area contributed by atoms with Crippen LogP contribution in [0.2, 0.25) is 0 Å². The first-order valence-corrected chi connectivity index (χ1v) is 10.2. The second-order valence-electron chi connectivity index (χ2n) is 7.14. The number of methoxy groups -OCH3 is 1. The van der Waals surface area contributed by atoms with Crippen molar-refractivity contribution in [2.75, 3.05) is 7.11 Å². The van der Waals surface area contributed by atoms with Gasteiger partial charge in [0.05, 0.1) is 13.2 Å². The lowest BCUT2D eigenvalue weighted by Gasteiger charge is -2.11. The predicted molar refractivity (Wildman–Crippen MR) is 114 cm³/mol. The fourth-order valence-electron chi connectivity index (χ4n) is 3.17. The molecule has 0 N–H and O–H groups in total. The third-order valence-electron chi connectivity index (χ3n) is 4.88. The van der Waals surface area contributed by atoms with Gasteiger partial charge in [-0.2, -0.15) is 0 Å². The number of benzene rings is 1. The molecule has 30 heavy (non-hydrogen) atoms. The predicted octanol–water partition coefficient (Wildman–Crippen LogP) is 3.61. The average Bonchev–Trinajstić information content (AvgIpc) is 3.24. The van der Waals surface area contributed by atoms with Crippen molar-refractivity contribution in [3.8, 4) is 16.3 Å². The molecule has 1 atom stereocenters. The molecule has 0 unspecified atom stereocenters. The highest BCUT2D eigenvalue weighted by atomic mass is 32.1. The summed E-state index contributed by atoms with van der Waals surface area (Å²) in [4.78, 5) is 29.6. The second kappa shape index (κ2) is 7.83. The summed E-state index contributed by atoms with van der Waals surface area (Å²) in [5.41, 5.74) is 1.63. The van der Waals surface area contributed by atoms with Crippen molar-refractivity contribution in [1.29, 1.82) is 0 Å². The van der Waals surface area contributed by atoms with E-state index in [1.54, 1.807) is 6.92 Å². The van der Waals surface area contributed by atoms with Gasteiger partial charge in [0.15, 0.2) is 11.3 Å². The number of pyridine rings is 1. The van der Waals surface area contributed by atoms with Crippen LogP contribution >= 0.6 is 11.3 Å². The lowest BCUT2D eigenvalue weighted by atomic mass is 10.0. The Kier molecular flexibility index (Phi) is 5.21. The Labute approximate surface area is 175 Å². The van der Waals surface area contributed by atoms with Gasteiger partial charge in [-0.05, 0) is 24.5 Å². The minimum Gasteiger partial charge on any atom is -0.493 e. The van der Waals surface area contributed by atoms with Gasteiger partial charge in [0, 0.05) is 17.8 Å². The van der Waals surface area contributed by atoms with E-state index in [0.29, 0.717) is 10.9 Å². The summed E-state index contributed by atoms with van der Waals surface area (Å²) in [6, 6.07) is 8.96. The van der Waals surface area contributed by atoms with E-state index < -0.39 is 17.4 Å². The van der Waals surface area contributed by atoms with Crippen LogP contribution < -0.4 is 16.1 Å². The van der Waals surface area contributed by atoms with E-state index in [4.69, 9.17) is 9.15 Å². The zero-order chi connectivity index (χ0) is 21.4. The van der Waals surface area contributed by atoms with Gasteiger partial charge in [-0.3, -0.25) is 4.79 Å². The summed E-state index contributed by atoms with van der Waals surface area (Å²) < 4.78 is 11.5. The van der Waals surface area contributed by atoms with Crippen LogP contribution in [0.1, 0.15) is 43.3 Å². The minimum atomic E-state index is -0.801. The number of fused-ring (bicyclic) bond motifs is 1. The van der Waals surface area contributed by atoms with Crippen molar-refractivity contribution in [3.63, 3.8) is 0 Å². The lowest BCUT2D eigenvalue weighted by Crippen LogP contribution is -2.35. The van der Waals surface area contributed by atoms with Crippen LogP contribution in [0.5, 0.6) is 5.75 Å². The molecule has 0 aliphatic heterocycles. The number of hydrogen-bond donors (Lipinski definition) is 0. The number of hydrogen-bond acceptors (Lipinski definition) is 8. The zero-order valence-electron chi connectivity index (χ0n) is 16.9. The molecule has 154 valence electrons. The molecule has 0 radical (unpaired) electrons. The number of nitrogens with zero attached hydrogens (tertiary/aromatic N) is 4. The zero-order valence-corrected chi connectivity index (χ0v) is 17.8. The molecule has 0 aliphatic carbocycles. The Morgan fingerprint density at radius 1 is 1.13 bits per heavy atom. The van der Waals surface area contributed by atoms with E-state index in [-0.39, 0.29) is 16.8 Å². The largest absolute Gasteiger partial charge is 0.493 e. The molecule has 0 spiro atoms. The van der Waals surface area contributed by atoms with Crippen molar-refractivity contribution in [2.24, 2.45) is 0 Å². The van der Waals surface area contributed by atoms with Crippen molar-refractivity contribution in [1.82, 2.24) is 19.7 Å². The molecule has 0 saturated carbocycles. The normalized spacial score (nSPS) is 12.4. The smallest absolute Gasteiger partial charge is 0.423 e. The number of ether oxygens (including phenoxy) is 1. The summed E-state index contributed by atoms with van der Waals surface area (Å²) in [5, 5.41) is 9.73. The third kappa shape index (κ3) is 3.41. The van der Waals surface area contributed by atoms with Crippen LogP contribution in [0.15, 0.2) is 50.5 Å². The molecule has 4 aromatic rings. The summed E-state index contributed by atoms with van der Waals surface area (Å²) in [6.07, 6.45) is 1.43. The van der Waals surface area contributed by atoms with Crippen molar-refractivity contribution in [2.45, 2.75) is 32.7 Å². The molecule has 9 heteroatoms. The third-order valence-corrected chi connectivity index (χ3v) is 6.02. The first-order chi connectivity index (χ1) is 14.4. The number of rotatable bonds is 5. The van der Waals surface area contributed by atoms with E-state index in [9.17, 15) is 9.59 Å². The second-order valence-corrected chi connectivity index (χ2v) is 8.14. The Morgan fingerprint density at radius 2 is 1.93 bits per heavy atom. The van der Waals surface area contributed by atoms with Gasteiger partial charge in [-0.15, -0.1) is 10.2 Å². The van der Waals surface area contributed by atoms with E-state index in [2.05, 4.69) is 41.2 Å². The standard InChI is InChI=1S/C21H20N4O4S/c1-11(2)13-6-5-7-14(10-13)19-24-23-18(30-19)12(3)25-20(26)16-17(29-21(25)27)15(28-4)8-9-22-16/h5-12H,1-4H3/t12-/m0/s1. The Bertz CT molecular complexity index is 1340. The van der Waals surface area contributed by atoms with Gasteiger partial charge in [-0.1, -0.05) is 43.4 Å². The molecule has 0 amide bonds. The summed E-state index contributed by atoms with van der Waals surface area (Å²) >= 11 is 1.33. The van der Waals surface area contributed by atoms with E-state index in [1.807, 2.05) is 12.1 Å². The van der Waals surface area contributed by atoms with Gasteiger partial charge >= 0.3 is 5.76 Å². The van der Waals surface area contributed by atoms with Gasteiger partial charge in [0.2, 0.25) is 5.58 Å². The van der Waals surface area contributed by atoms with Crippen LogP contribution in [-0.2, 0) is 0 Å². The fourth-order valence-corrected chi connectivity index (χ4v) is 4.05. The van der Waals surface area contributed by atoms with Gasteiger partial charge in [-0.25, -0.2) is 14.3 Å². The maximum atomic E-state index is 13.0. The maximum Gasteiger partial charge on any atom is 0.423 e. The Morgan fingerprint density at radius 3 is 2.67 bits per heavy atom. The SMILES string of the molecule is COc1ccnc2c(=O)n([C@@H](C)c3nnc(-c4cccc(C(C)C)c4)s3)c(=O)oc12. The van der Waals surface area contributed by atoms with Crippen LogP contribution in [0.25, 0.3) is 21.7 Å². The van der Waals surface area contributed by atoms with E-state index in [0.717, 1.165) is 15.1 Å². The Hall–Kier alpha value is -3.33. The molecule has 0 bridgehead atoms. The van der Waals surface area contributed by atoms with Gasteiger partial charge in [0.25, 0.3) is 5.56 Å². The quantitative estimate of drug-likeness (QED) is 0.482. The van der Waals surface area contributed by atoms with Crippen LogP contribution in [-0.4, -0.2) is 26.9 Å². The summed E-state index contributed by atoms with van der Waals surface area (Å²) in [5.74, 6) is -0.135. The highest BCUT2D eigenvalue weighted by Crippen LogP contribution is 2.30. The lowest BCUT2D eigenvalue weighted by molar-refractivity contribution is 0.390. The molecule has 8 nitrogen and oxygen atoms in total. The molecule has 0 aliphatic rings. The van der Waals surface area contributed by atoms with Crippen molar-refractivity contribution in [3.05, 3.63) is 68.0 Å². The molecule has 1 aromatic carbocycles. The summed E-state index contributed by atoms with van der Waals surface area (Å²) in [7, 11) is 1.43. The highest BCUT2D eigenvalue weighted by Gasteiger charge is 2.22.